The van der Waals surface area contributed by atoms with Gasteiger partial charge in [-0.2, -0.15) is 0 Å². The highest BCUT2D eigenvalue weighted by molar-refractivity contribution is 7.92. The van der Waals surface area contributed by atoms with E-state index in [1.165, 1.54) is 12.1 Å². The van der Waals surface area contributed by atoms with Gasteiger partial charge in [-0.1, -0.05) is 48.5 Å². The number of anilines is 1. The number of sulfonamides is 1. The summed E-state index contributed by atoms with van der Waals surface area (Å²) in [6.07, 6.45) is 0. The molecule has 0 bridgehead atoms. The molecule has 9 heteroatoms. The van der Waals surface area contributed by atoms with E-state index < -0.39 is 49.9 Å². The maximum atomic E-state index is 14.2. The molecule has 0 aromatic heterocycles. The van der Waals surface area contributed by atoms with Gasteiger partial charge < -0.3 is 0 Å². The van der Waals surface area contributed by atoms with Crippen LogP contribution in [0.5, 0.6) is 0 Å². The molecule has 0 aliphatic carbocycles. The first kappa shape index (κ1) is 19.4. The Balaban J connectivity index is 1.90. The number of hydrogen-bond acceptors (Lipinski definition) is 2. The van der Waals surface area contributed by atoms with E-state index in [-0.39, 0.29) is 12.2 Å². The predicted octanol–water partition coefficient (Wildman–Crippen LogP) is 4.72. The van der Waals surface area contributed by atoms with Crippen molar-refractivity contribution in [2.75, 3.05) is 10.8 Å². The van der Waals surface area contributed by atoms with Crippen LogP contribution in [-0.4, -0.2) is 15.0 Å². The Morgan fingerprint density at radius 1 is 0.724 bits per heavy atom. The van der Waals surface area contributed by atoms with Crippen LogP contribution in [0.15, 0.2) is 59.5 Å². The average Bonchev–Trinajstić information content (AvgIpc) is 3.12. The Morgan fingerprint density at radius 3 is 1.86 bits per heavy atom. The molecule has 3 nitrogen and oxygen atoms in total. The van der Waals surface area contributed by atoms with Gasteiger partial charge in [0.1, 0.15) is 0 Å². The van der Waals surface area contributed by atoms with Crippen LogP contribution in [0.1, 0.15) is 17.0 Å². The lowest BCUT2D eigenvalue weighted by Crippen LogP contribution is -2.32. The number of benzene rings is 3. The van der Waals surface area contributed by atoms with Gasteiger partial charge in [0.05, 0.1) is 5.69 Å². The number of para-hydroxylation sites is 1. The molecule has 0 spiro atoms. The number of rotatable bonds is 3. The Hall–Kier alpha value is -2.94. The number of nitrogens with zero attached hydrogens (tertiary/aromatic N) is 1. The summed E-state index contributed by atoms with van der Waals surface area (Å²) in [7, 11) is -5.08. The maximum absolute atomic E-state index is 14.2. The van der Waals surface area contributed by atoms with Gasteiger partial charge in [-0.15, -0.1) is 0 Å². The molecule has 4 rings (SSSR count). The Labute approximate surface area is 163 Å². The van der Waals surface area contributed by atoms with E-state index in [0.717, 1.165) is 5.56 Å². The minimum atomic E-state index is -5.08. The Morgan fingerprint density at radius 2 is 1.24 bits per heavy atom. The van der Waals surface area contributed by atoms with Crippen molar-refractivity contribution in [3.63, 3.8) is 0 Å². The number of halogens is 5. The lowest BCUT2D eigenvalue weighted by atomic mass is 9.93. The second kappa shape index (κ2) is 6.84. The van der Waals surface area contributed by atoms with Crippen molar-refractivity contribution in [1.29, 1.82) is 0 Å². The SMILES string of the molecule is O=S(=O)(c1c(F)c(F)c(F)c(F)c1F)N1CC(c2ccccc2)c2ccccc21. The van der Waals surface area contributed by atoms with Crippen LogP contribution in [0.4, 0.5) is 27.6 Å². The van der Waals surface area contributed by atoms with Crippen molar-refractivity contribution in [2.24, 2.45) is 0 Å². The van der Waals surface area contributed by atoms with Crippen LogP contribution >= 0.6 is 0 Å². The van der Waals surface area contributed by atoms with E-state index in [4.69, 9.17) is 0 Å². The summed E-state index contributed by atoms with van der Waals surface area (Å²) >= 11 is 0. The van der Waals surface area contributed by atoms with E-state index >= 15 is 0 Å². The van der Waals surface area contributed by atoms with Gasteiger partial charge in [0.25, 0.3) is 10.0 Å². The molecule has 0 saturated carbocycles. The molecule has 3 aromatic rings. The molecule has 0 amide bonds. The molecule has 1 heterocycles. The van der Waals surface area contributed by atoms with Crippen molar-refractivity contribution in [2.45, 2.75) is 10.8 Å². The molecular weight excluding hydrogens is 413 g/mol. The van der Waals surface area contributed by atoms with Crippen molar-refractivity contribution < 1.29 is 30.4 Å². The molecule has 1 unspecified atom stereocenters. The van der Waals surface area contributed by atoms with Crippen LogP contribution in [0.2, 0.25) is 0 Å². The minimum Gasteiger partial charge on any atom is -0.265 e. The summed E-state index contributed by atoms with van der Waals surface area (Å²) in [6.45, 7) is -0.245. The van der Waals surface area contributed by atoms with E-state index in [0.29, 0.717) is 9.87 Å². The summed E-state index contributed by atoms with van der Waals surface area (Å²) < 4.78 is 95.7. The molecule has 0 saturated heterocycles. The van der Waals surface area contributed by atoms with Crippen LogP contribution in [-0.2, 0) is 10.0 Å². The van der Waals surface area contributed by atoms with Gasteiger partial charge in [-0.3, -0.25) is 4.31 Å². The zero-order chi connectivity index (χ0) is 20.9. The third-order valence-corrected chi connectivity index (χ3v) is 6.65. The highest BCUT2D eigenvalue weighted by atomic mass is 32.2. The van der Waals surface area contributed by atoms with Gasteiger partial charge in [0, 0.05) is 12.5 Å². The molecule has 1 atom stereocenters. The molecule has 1 aliphatic heterocycles. The summed E-state index contributed by atoms with van der Waals surface area (Å²) in [4.78, 5) is -1.86. The highest BCUT2D eigenvalue weighted by Gasteiger charge is 2.42. The van der Waals surface area contributed by atoms with Crippen LogP contribution in [0.25, 0.3) is 0 Å². The molecular formula is C20H12F5NO2S. The summed E-state index contributed by atoms with van der Waals surface area (Å²) in [5, 5.41) is 0. The van der Waals surface area contributed by atoms with Crippen LogP contribution < -0.4 is 4.31 Å². The largest absolute Gasteiger partial charge is 0.270 e. The molecule has 0 N–H and O–H groups in total. The van der Waals surface area contributed by atoms with Crippen molar-refractivity contribution >= 4 is 15.7 Å². The fraction of sp³-hybridized carbons (Fsp3) is 0.100. The van der Waals surface area contributed by atoms with E-state index in [1.807, 2.05) is 0 Å². The zero-order valence-corrected chi connectivity index (χ0v) is 15.4. The quantitative estimate of drug-likeness (QED) is 0.346. The fourth-order valence-corrected chi connectivity index (χ4v) is 5.11. The van der Waals surface area contributed by atoms with Crippen molar-refractivity contribution in [1.82, 2.24) is 0 Å². The summed E-state index contributed by atoms with van der Waals surface area (Å²) in [5.74, 6) is -12.3. The standard InChI is InChI=1S/C20H12F5NO2S/c21-15-16(22)18(24)20(19(25)17(15)23)29(27,28)26-10-13(11-6-2-1-3-7-11)12-8-4-5-9-14(12)26/h1-9,13H,10H2. The average molecular weight is 425 g/mol. The van der Waals surface area contributed by atoms with Crippen molar-refractivity contribution in [3.8, 4) is 0 Å². The lowest BCUT2D eigenvalue weighted by Gasteiger charge is -2.21. The van der Waals surface area contributed by atoms with Gasteiger partial charge in [0.2, 0.25) is 5.82 Å². The second-order valence-corrected chi connectivity index (χ2v) is 8.26. The first-order valence-electron chi connectivity index (χ1n) is 8.43. The maximum Gasteiger partial charge on any atom is 0.270 e. The van der Waals surface area contributed by atoms with Crippen LogP contribution in [0.3, 0.4) is 0 Å². The highest BCUT2D eigenvalue weighted by Crippen LogP contribution is 2.43. The molecule has 150 valence electrons. The number of fused-ring (bicyclic) bond motifs is 1. The smallest absolute Gasteiger partial charge is 0.265 e. The van der Waals surface area contributed by atoms with Gasteiger partial charge in [0.15, 0.2) is 28.2 Å². The third kappa shape index (κ3) is 2.88. The fourth-order valence-electron chi connectivity index (χ4n) is 3.49. The molecule has 1 aliphatic rings. The third-order valence-electron chi connectivity index (χ3n) is 4.85. The monoisotopic (exact) mass is 425 g/mol. The normalized spacial score (nSPS) is 16.2. The second-order valence-electron chi connectivity index (χ2n) is 6.46. The number of hydrogen-bond donors (Lipinski definition) is 0. The van der Waals surface area contributed by atoms with E-state index in [9.17, 15) is 30.4 Å². The zero-order valence-electron chi connectivity index (χ0n) is 14.5. The topological polar surface area (TPSA) is 37.4 Å². The Kier molecular flexibility index (Phi) is 4.57. The van der Waals surface area contributed by atoms with Gasteiger partial charge in [-0.25, -0.2) is 30.4 Å². The van der Waals surface area contributed by atoms with E-state index in [2.05, 4.69) is 0 Å². The van der Waals surface area contributed by atoms with E-state index in [1.54, 1.807) is 42.5 Å². The van der Waals surface area contributed by atoms with Crippen molar-refractivity contribution in [3.05, 3.63) is 94.8 Å². The van der Waals surface area contributed by atoms with Gasteiger partial charge >= 0.3 is 0 Å². The molecule has 0 fully saturated rings. The minimum absolute atomic E-state index is 0.116. The molecule has 3 aromatic carbocycles. The summed E-state index contributed by atoms with van der Waals surface area (Å²) in [5.41, 5.74) is 1.42. The predicted molar refractivity (Wildman–Crippen MR) is 95.5 cm³/mol. The van der Waals surface area contributed by atoms with Crippen LogP contribution in [0, 0.1) is 29.1 Å². The Bertz CT molecular complexity index is 1190. The first-order valence-corrected chi connectivity index (χ1v) is 9.87. The first-order chi connectivity index (χ1) is 13.7. The lowest BCUT2D eigenvalue weighted by molar-refractivity contribution is 0.357. The molecule has 29 heavy (non-hydrogen) atoms. The van der Waals surface area contributed by atoms with Gasteiger partial charge in [-0.05, 0) is 17.2 Å². The summed E-state index contributed by atoms with van der Waals surface area (Å²) in [6, 6.07) is 15.1. The molecule has 0 radical (unpaired) electrons.